The highest BCUT2D eigenvalue weighted by Gasteiger charge is 2.32. The average Bonchev–Trinajstić information content (AvgIpc) is 2.53. The van der Waals surface area contributed by atoms with Crippen LogP contribution in [0.5, 0.6) is 5.75 Å². The average molecular weight is 373 g/mol. The Morgan fingerprint density at radius 1 is 1.12 bits per heavy atom. The lowest BCUT2D eigenvalue weighted by atomic mass is 10.2. The maximum absolute atomic E-state index is 12.4. The molecule has 0 fully saturated rings. The number of para-hydroxylation sites is 1. The molecule has 0 spiro atoms. The molecular formula is C16H14F3NO4S. The van der Waals surface area contributed by atoms with Gasteiger partial charge in [-0.3, -0.25) is 4.79 Å². The van der Waals surface area contributed by atoms with Crippen molar-refractivity contribution < 1.29 is 31.1 Å². The molecule has 2 rings (SSSR count). The number of ether oxygens (including phenoxy) is 1. The molecule has 0 aromatic heterocycles. The quantitative estimate of drug-likeness (QED) is 0.789. The molecule has 0 radical (unpaired) electrons. The molecule has 0 atom stereocenters. The summed E-state index contributed by atoms with van der Waals surface area (Å²) in [5.41, 5.74) is 0.231. The minimum Gasteiger partial charge on any atom is -0.405 e. The molecule has 0 unspecified atom stereocenters. The number of carbonyl (C=O) groups excluding carboxylic acids is 1. The van der Waals surface area contributed by atoms with Gasteiger partial charge in [0, 0.05) is 17.7 Å². The van der Waals surface area contributed by atoms with E-state index in [4.69, 9.17) is 0 Å². The molecule has 5 nitrogen and oxygen atoms in total. The standard InChI is InChI=1S/C16H14F3NO4S/c1-11(21)12-6-4-7-14(9-12)25(22,23)20-10-13-5-2-3-8-15(13)24-16(17,18)19/h2-9,20H,10H2,1H3. The van der Waals surface area contributed by atoms with Crippen LogP contribution in [-0.2, 0) is 16.6 Å². The Morgan fingerprint density at radius 3 is 2.44 bits per heavy atom. The molecule has 0 aliphatic carbocycles. The zero-order valence-corrected chi connectivity index (χ0v) is 13.8. The van der Waals surface area contributed by atoms with Crippen molar-refractivity contribution in [1.29, 1.82) is 0 Å². The van der Waals surface area contributed by atoms with Crippen molar-refractivity contribution in [1.82, 2.24) is 4.72 Å². The Balaban J connectivity index is 2.21. The molecular weight excluding hydrogens is 359 g/mol. The number of ketones is 1. The maximum atomic E-state index is 12.4. The molecule has 0 amide bonds. The molecule has 134 valence electrons. The van der Waals surface area contributed by atoms with E-state index < -0.39 is 28.7 Å². The second-order valence-electron chi connectivity index (χ2n) is 5.06. The van der Waals surface area contributed by atoms with E-state index in [2.05, 4.69) is 9.46 Å². The van der Waals surface area contributed by atoms with Gasteiger partial charge in [-0.15, -0.1) is 13.2 Å². The summed E-state index contributed by atoms with van der Waals surface area (Å²) in [6.07, 6.45) is -4.88. The van der Waals surface area contributed by atoms with Crippen LogP contribution < -0.4 is 9.46 Å². The van der Waals surface area contributed by atoms with E-state index in [1.807, 2.05) is 0 Å². The normalized spacial score (nSPS) is 12.0. The van der Waals surface area contributed by atoms with Crippen LogP contribution in [0, 0.1) is 0 Å². The van der Waals surface area contributed by atoms with Gasteiger partial charge in [0.15, 0.2) is 5.78 Å². The summed E-state index contributed by atoms with van der Waals surface area (Å²) < 4.78 is 67.8. The SMILES string of the molecule is CC(=O)c1cccc(S(=O)(=O)NCc2ccccc2OC(F)(F)F)c1. The van der Waals surface area contributed by atoms with E-state index in [-0.39, 0.29) is 21.8 Å². The molecule has 2 aromatic carbocycles. The number of rotatable bonds is 6. The van der Waals surface area contributed by atoms with E-state index in [1.165, 1.54) is 49.4 Å². The van der Waals surface area contributed by atoms with Crippen LogP contribution in [0.1, 0.15) is 22.8 Å². The van der Waals surface area contributed by atoms with Crippen LogP contribution >= 0.6 is 0 Å². The van der Waals surface area contributed by atoms with Gasteiger partial charge in [-0.05, 0) is 25.1 Å². The Hall–Kier alpha value is -2.39. The number of hydrogen-bond acceptors (Lipinski definition) is 4. The fraction of sp³-hybridized carbons (Fsp3) is 0.188. The fourth-order valence-corrected chi connectivity index (χ4v) is 3.06. The van der Waals surface area contributed by atoms with Crippen molar-refractivity contribution in [3.05, 3.63) is 59.7 Å². The number of benzene rings is 2. The zero-order valence-electron chi connectivity index (χ0n) is 13.0. The number of Topliss-reactive ketones (excluding diaryl/α,β-unsaturated/α-hetero) is 1. The van der Waals surface area contributed by atoms with Crippen LogP contribution in [0.15, 0.2) is 53.4 Å². The summed E-state index contributed by atoms with van der Waals surface area (Å²) in [5.74, 6) is -0.795. The predicted molar refractivity (Wildman–Crippen MR) is 83.6 cm³/mol. The summed E-state index contributed by atoms with van der Waals surface area (Å²) in [5, 5.41) is 0. The van der Waals surface area contributed by atoms with Crippen LogP contribution in [0.3, 0.4) is 0 Å². The summed E-state index contributed by atoms with van der Waals surface area (Å²) in [4.78, 5) is 11.2. The molecule has 0 bridgehead atoms. The van der Waals surface area contributed by atoms with Crippen LogP contribution in [0.2, 0.25) is 0 Å². The number of hydrogen-bond donors (Lipinski definition) is 1. The summed E-state index contributed by atoms with van der Waals surface area (Å²) in [6.45, 7) is 0.892. The maximum Gasteiger partial charge on any atom is 0.573 e. The van der Waals surface area contributed by atoms with Gasteiger partial charge in [0.05, 0.1) is 4.90 Å². The number of alkyl halides is 3. The van der Waals surface area contributed by atoms with Gasteiger partial charge in [-0.25, -0.2) is 13.1 Å². The van der Waals surface area contributed by atoms with E-state index >= 15 is 0 Å². The van der Waals surface area contributed by atoms with Crippen LogP contribution in [0.25, 0.3) is 0 Å². The first-order valence-electron chi connectivity index (χ1n) is 7.03. The molecule has 0 heterocycles. The number of sulfonamides is 1. The minimum absolute atomic E-state index is 0.0196. The van der Waals surface area contributed by atoms with Crippen molar-refractivity contribution in [2.24, 2.45) is 0 Å². The molecule has 0 saturated carbocycles. The first kappa shape index (κ1) is 18.9. The highest BCUT2D eigenvalue weighted by atomic mass is 32.2. The fourth-order valence-electron chi connectivity index (χ4n) is 2.01. The second kappa shape index (κ2) is 7.24. The third kappa shape index (κ3) is 5.30. The van der Waals surface area contributed by atoms with Gasteiger partial charge in [0.25, 0.3) is 0 Å². The third-order valence-electron chi connectivity index (χ3n) is 3.20. The lowest BCUT2D eigenvalue weighted by Gasteiger charge is -2.14. The van der Waals surface area contributed by atoms with Crippen molar-refractivity contribution in [2.75, 3.05) is 0 Å². The lowest BCUT2D eigenvalue weighted by Crippen LogP contribution is -2.25. The van der Waals surface area contributed by atoms with Crippen LogP contribution in [0.4, 0.5) is 13.2 Å². The summed E-state index contributed by atoms with van der Waals surface area (Å²) >= 11 is 0. The predicted octanol–water partition coefficient (Wildman–Crippen LogP) is 3.27. The second-order valence-corrected chi connectivity index (χ2v) is 6.83. The van der Waals surface area contributed by atoms with Crippen LogP contribution in [-0.4, -0.2) is 20.6 Å². The molecule has 0 saturated heterocycles. The minimum atomic E-state index is -4.88. The molecule has 25 heavy (non-hydrogen) atoms. The smallest absolute Gasteiger partial charge is 0.405 e. The highest BCUT2D eigenvalue weighted by molar-refractivity contribution is 7.89. The first-order valence-corrected chi connectivity index (χ1v) is 8.51. The lowest BCUT2D eigenvalue weighted by molar-refractivity contribution is -0.274. The Morgan fingerprint density at radius 2 is 1.80 bits per heavy atom. The van der Waals surface area contributed by atoms with Gasteiger partial charge in [0.1, 0.15) is 5.75 Å². The topological polar surface area (TPSA) is 72.5 Å². The Kier molecular flexibility index (Phi) is 5.48. The number of nitrogens with one attached hydrogen (secondary N) is 1. The largest absolute Gasteiger partial charge is 0.573 e. The van der Waals surface area contributed by atoms with Gasteiger partial charge in [-0.1, -0.05) is 30.3 Å². The van der Waals surface area contributed by atoms with E-state index in [0.717, 1.165) is 6.07 Å². The van der Waals surface area contributed by atoms with Crippen molar-refractivity contribution in [3.63, 3.8) is 0 Å². The Labute approximate surface area is 142 Å². The molecule has 9 heteroatoms. The molecule has 1 N–H and O–H groups in total. The van der Waals surface area contributed by atoms with Crippen molar-refractivity contribution in [2.45, 2.75) is 24.7 Å². The zero-order chi connectivity index (χ0) is 18.7. The van der Waals surface area contributed by atoms with Gasteiger partial charge < -0.3 is 4.74 Å². The number of carbonyl (C=O) groups is 1. The monoisotopic (exact) mass is 373 g/mol. The molecule has 2 aromatic rings. The first-order chi connectivity index (χ1) is 11.6. The van der Waals surface area contributed by atoms with E-state index in [0.29, 0.717) is 0 Å². The summed E-state index contributed by atoms with van der Waals surface area (Å²) in [7, 11) is -4.01. The van der Waals surface area contributed by atoms with Crippen molar-refractivity contribution >= 4 is 15.8 Å². The van der Waals surface area contributed by atoms with Gasteiger partial charge >= 0.3 is 6.36 Å². The molecule has 0 aliphatic rings. The Bertz CT molecular complexity index is 879. The third-order valence-corrected chi connectivity index (χ3v) is 4.60. The van der Waals surface area contributed by atoms with E-state index in [1.54, 1.807) is 0 Å². The van der Waals surface area contributed by atoms with Gasteiger partial charge in [0.2, 0.25) is 10.0 Å². The van der Waals surface area contributed by atoms with Gasteiger partial charge in [-0.2, -0.15) is 0 Å². The summed E-state index contributed by atoms with van der Waals surface area (Å²) in [6, 6.07) is 10.6. The van der Waals surface area contributed by atoms with E-state index in [9.17, 15) is 26.4 Å². The van der Waals surface area contributed by atoms with Crippen molar-refractivity contribution in [3.8, 4) is 5.75 Å². The highest BCUT2D eigenvalue weighted by Crippen LogP contribution is 2.26. The number of halogens is 3. The molecule has 0 aliphatic heterocycles.